The zero-order valence-electron chi connectivity index (χ0n) is 15.5. The van der Waals surface area contributed by atoms with E-state index in [1.54, 1.807) is 16.3 Å². The van der Waals surface area contributed by atoms with Gasteiger partial charge in [0.05, 0.1) is 26.3 Å². The van der Waals surface area contributed by atoms with Gasteiger partial charge in [-0.15, -0.1) is 11.3 Å². The molecule has 1 aliphatic heterocycles. The van der Waals surface area contributed by atoms with Crippen molar-refractivity contribution in [3.05, 3.63) is 34.8 Å². The predicted molar refractivity (Wildman–Crippen MR) is 103 cm³/mol. The third-order valence-corrected chi connectivity index (χ3v) is 5.03. The summed E-state index contributed by atoms with van der Waals surface area (Å²) < 4.78 is 10.2. The fraction of sp³-hybridized carbons (Fsp3) is 0.333. The molecule has 0 aliphatic carbocycles. The second-order valence-electron chi connectivity index (χ2n) is 6.05. The lowest BCUT2D eigenvalue weighted by molar-refractivity contribution is -0.121. The summed E-state index contributed by atoms with van der Waals surface area (Å²) in [6.45, 7) is 0.651. The van der Waals surface area contributed by atoms with Crippen molar-refractivity contribution in [1.82, 2.24) is 15.8 Å². The maximum atomic E-state index is 12.3. The molecule has 3 amide bonds. The van der Waals surface area contributed by atoms with Gasteiger partial charge in [0.15, 0.2) is 5.13 Å². The van der Waals surface area contributed by atoms with Gasteiger partial charge < -0.3 is 9.47 Å². The maximum absolute atomic E-state index is 12.3. The Morgan fingerprint density at radius 2 is 1.89 bits per heavy atom. The molecule has 28 heavy (non-hydrogen) atoms. The average Bonchev–Trinajstić information content (AvgIpc) is 3.34. The van der Waals surface area contributed by atoms with Gasteiger partial charge in [0.25, 0.3) is 5.91 Å². The molecule has 148 valence electrons. The number of rotatable bonds is 6. The Morgan fingerprint density at radius 3 is 2.50 bits per heavy atom. The molecule has 2 heterocycles. The third kappa shape index (κ3) is 4.58. The highest BCUT2D eigenvalue weighted by atomic mass is 32.1. The highest BCUT2D eigenvalue weighted by molar-refractivity contribution is 7.14. The number of hydrogen-bond donors (Lipinski definition) is 2. The van der Waals surface area contributed by atoms with E-state index < -0.39 is 11.8 Å². The van der Waals surface area contributed by atoms with Gasteiger partial charge in [-0.3, -0.25) is 30.1 Å². The van der Waals surface area contributed by atoms with Crippen molar-refractivity contribution in [2.24, 2.45) is 0 Å². The van der Waals surface area contributed by atoms with Gasteiger partial charge in [-0.1, -0.05) is 0 Å². The quantitative estimate of drug-likeness (QED) is 0.702. The minimum atomic E-state index is -0.507. The zero-order chi connectivity index (χ0) is 20.1. The summed E-state index contributed by atoms with van der Waals surface area (Å²) in [5.41, 5.74) is 5.52. The van der Waals surface area contributed by atoms with E-state index in [9.17, 15) is 14.4 Å². The molecule has 10 heteroatoms. The molecule has 1 fully saturated rings. The maximum Gasteiger partial charge on any atom is 0.269 e. The van der Waals surface area contributed by atoms with Crippen LogP contribution in [-0.4, -0.2) is 43.5 Å². The molecule has 1 aromatic heterocycles. The van der Waals surface area contributed by atoms with Crippen molar-refractivity contribution in [3.8, 4) is 11.5 Å². The highest BCUT2D eigenvalue weighted by Gasteiger charge is 2.24. The second kappa shape index (κ2) is 8.70. The summed E-state index contributed by atoms with van der Waals surface area (Å²) in [5, 5.41) is 2.33. The van der Waals surface area contributed by atoms with E-state index in [2.05, 4.69) is 15.8 Å². The summed E-state index contributed by atoms with van der Waals surface area (Å²) in [5.74, 6) is 0.0379. The Labute approximate surface area is 165 Å². The van der Waals surface area contributed by atoms with Crippen molar-refractivity contribution in [3.63, 3.8) is 0 Å². The van der Waals surface area contributed by atoms with Crippen molar-refractivity contribution < 1.29 is 23.9 Å². The van der Waals surface area contributed by atoms with Gasteiger partial charge in [-0.25, -0.2) is 4.98 Å². The number of aromatic nitrogens is 1. The number of carbonyl (C=O) groups excluding carboxylic acids is 3. The Kier molecular flexibility index (Phi) is 6.09. The molecular formula is C18H20N4O5S. The minimum absolute atomic E-state index is 0.0136. The molecule has 2 aromatic rings. The highest BCUT2D eigenvalue weighted by Crippen LogP contribution is 2.25. The summed E-state index contributed by atoms with van der Waals surface area (Å²) in [7, 11) is 2.96. The number of nitrogens with zero attached hydrogens (tertiary/aromatic N) is 2. The van der Waals surface area contributed by atoms with Crippen molar-refractivity contribution >= 4 is 34.2 Å². The van der Waals surface area contributed by atoms with Crippen LogP contribution < -0.4 is 25.2 Å². The molecule has 1 aliphatic rings. The van der Waals surface area contributed by atoms with Crippen LogP contribution in [0.4, 0.5) is 5.13 Å². The van der Waals surface area contributed by atoms with Crippen LogP contribution in [0.1, 0.15) is 28.9 Å². The number of amides is 3. The summed E-state index contributed by atoms with van der Waals surface area (Å²) in [4.78, 5) is 42.1. The molecule has 2 N–H and O–H groups in total. The monoisotopic (exact) mass is 404 g/mol. The van der Waals surface area contributed by atoms with Gasteiger partial charge in [0.1, 0.15) is 11.5 Å². The summed E-state index contributed by atoms with van der Waals surface area (Å²) in [6.07, 6.45) is 1.33. The first kappa shape index (κ1) is 19.6. The first-order valence-electron chi connectivity index (χ1n) is 8.57. The predicted octanol–water partition coefficient (Wildman–Crippen LogP) is 1.29. The molecule has 0 bridgehead atoms. The fourth-order valence-corrected chi connectivity index (χ4v) is 3.57. The molecular weight excluding hydrogens is 384 g/mol. The van der Waals surface area contributed by atoms with Crippen LogP contribution in [0.3, 0.4) is 0 Å². The molecule has 0 unspecified atom stereocenters. The first-order chi connectivity index (χ1) is 13.5. The fourth-order valence-electron chi connectivity index (χ4n) is 2.70. The molecule has 0 atom stereocenters. The van der Waals surface area contributed by atoms with Gasteiger partial charge in [0.2, 0.25) is 11.8 Å². The number of ether oxygens (including phenoxy) is 2. The van der Waals surface area contributed by atoms with E-state index in [1.165, 1.54) is 37.7 Å². The Morgan fingerprint density at radius 1 is 1.18 bits per heavy atom. The van der Waals surface area contributed by atoms with Crippen LogP contribution >= 0.6 is 11.3 Å². The smallest absolute Gasteiger partial charge is 0.269 e. The molecule has 3 rings (SSSR count). The van der Waals surface area contributed by atoms with Gasteiger partial charge in [0, 0.05) is 30.0 Å². The number of thiazole rings is 1. The van der Waals surface area contributed by atoms with Crippen LogP contribution in [0.5, 0.6) is 11.5 Å². The van der Waals surface area contributed by atoms with Gasteiger partial charge >= 0.3 is 0 Å². The number of anilines is 1. The number of carbonyl (C=O) groups is 3. The molecule has 0 radical (unpaired) electrons. The Bertz CT molecular complexity index is 876. The summed E-state index contributed by atoms with van der Waals surface area (Å²) in [6, 6.07) is 4.70. The lowest BCUT2D eigenvalue weighted by Gasteiger charge is -2.10. The number of hydrogen-bond acceptors (Lipinski definition) is 7. The molecule has 0 spiro atoms. The van der Waals surface area contributed by atoms with Crippen LogP contribution in [-0.2, 0) is 16.0 Å². The van der Waals surface area contributed by atoms with E-state index in [4.69, 9.17) is 9.47 Å². The number of benzene rings is 1. The van der Waals surface area contributed by atoms with Crippen LogP contribution in [0, 0.1) is 0 Å². The van der Waals surface area contributed by atoms with E-state index in [-0.39, 0.29) is 17.9 Å². The van der Waals surface area contributed by atoms with Crippen LogP contribution in [0.25, 0.3) is 0 Å². The van der Waals surface area contributed by atoms with Crippen molar-refractivity contribution in [2.45, 2.75) is 19.3 Å². The standard InChI is InChI=1S/C18H20N4O5S/c1-26-13-6-11(7-14(9-13)27-2)17(25)21-20-15(23)8-12-10-28-18(19-12)22-5-3-4-16(22)24/h6-7,9-10H,3-5,8H2,1-2H3,(H,20,23)(H,21,25). The van der Waals surface area contributed by atoms with Crippen molar-refractivity contribution in [2.75, 3.05) is 25.7 Å². The zero-order valence-corrected chi connectivity index (χ0v) is 16.3. The Balaban J connectivity index is 1.55. The SMILES string of the molecule is COc1cc(OC)cc(C(=O)NNC(=O)Cc2csc(N3CCCC3=O)n2)c1. The molecule has 9 nitrogen and oxygen atoms in total. The summed E-state index contributed by atoms with van der Waals surface area (Å²) >= 11 is 1.32. The average molecular weight is 404 g/mol. The van der Waals surface area contributed by atoms with E-state index in [1.807, 2.05) is 0 Å². The number of hydrazine groups is 1. The van der Waals surface area contributed by atoms with E-state index in [0.717, 1.165) is 6.42 Å². The normalized spacial score (nSPS) is 13.4. The minimum Gasteiger partial charge on any atom is -0.497 e. The number of methoxy groups -OCH3 is 2. The number of nitrogens with one attached hydrogen (secondary N) is 2. The molecule has 1 aromatic carbocycles. The van der Waals surface area contributed by atoms with Crippen molar-refractivity contribution in [1.29, 1.82) is 0 Å². The van der Waals surface area contributed by atoms with E-state index >= 15 is 0 Å². The first-order valence-corrected chi connectivity index (χ1v) is 9.45. The third-order valence-electron chi connectivity index (χ3n) is 4.11. The molecule has 0 saturated carbocycles. The van der Waals surface area contributed by atoms with Crippen LogP contribution in [0.15, 0.2) is 23.6 Å². The lowest BCUT2D eigenvalue weighted by atomic mass is 10.2. The van der Waals surface area contributed by atoms with Gasteiger partial charge in [-0.2, -0.15) is 0 Å². The van der Waals surface area contributed by atoms with Crippen LogP contribution in [0.2, 0.25) is 0 Å². The largest absolute Gasteiger partial charge is 0.497 e. The lowest BCUT2D eigenvalue weighted by Crippen LogP contribution is -2.42. The topological polar surface area (TPSA) is 110 Å². The van der Waals surface area contributed by atoms with E-state index in [0.29, 0.717) is 35.3 Å². The molecule has 1 saturated heterocycles. The second-order valence-corrected chi connectivity index (χ2v) is 6.89. The van der Waals surface area contributed by atoms with Gasteiger partial charge in [-0.05, 0) is 18.6 Å². The Hall–Kier alpha value is -3.14.